The number of hydrogen-bond acceptors (Lipinski definition) is 5. The van der Waals surface area contributed by atoms with E-state index in [1.54, 1.807) is 0 Å². The third-order valence-electron chi connectivity index (χ3n) is 5.29. The second-order valence-corrected chi connectivity index (χ2v) is 7.90. The highest BCUT2D eigenvalue weighted by Crippen LogP contribution is 2.36. The van der Waals surface area contributed by atoms with Gasteiger partial charge < -0.3 is 15.2 Å². The van der Waals surface area contributed by atoms with Gasteiger partial charge in [0, 0.05) is 30.8 Å². The van der Waals surface area contributed by atoms with Crippen molar-refractivity contribution >= 4 is 40.3 Å². The zero-order valence-corrected chi connectivity index (χ0v) is 17.1. The van der Waals surface area contributed by atoms with Crippen LogP contribution in [0.25, 0.3) is 11.2 Å². The minimum atomic E-state index is -0.758. The number of rotatable bonds is 3. The lowest BCUT2D eigenvalue weighted by Crippen LogP contribution is -2.43. The number of halogens is 1. The van der Waals surface area contributed by atoms with Crippen molar-refractivity contribution in [3.8, 4) is 0 Å². The maximum Gasteiger partial charge on any atom is 0.332 e. The highest BCUT2D eigenvalue weighted by molar-refractivity contribution is 6.31. The first-order valence-electron chi connectivity index (χ1n) is 9.21. The van der Waals surface area contributed by atoms with E-state index in [1.807, 2.05) is 34.6 Å². The lowest BCUT2D eigenvalue weighted by molar-refractivity contribution is -0.118. The molecule has 2 aromatic heterocycles. The second-order valence-electron chi connectivity index (χ2n) is 7.49. The normalized spacial score (nSPS) is 16.3. The SMILES string of the molecule is Cc1c(Cl)cccc1N1C[C@H](C)Cn2c1nc1c2c(=O)n(CC(N)=O)c(=O)n1C. The summed E-state index contributed by atoms with van der Waals surface area (Å²) in [5, 5.41) is 0.639. The molecule has 0 spiro atoms. The molecular formula is C19H21ClN6O3. The number of imidazole rings is 1. The number of amides is 1. The first-order chi connectivity index (χ1) is 13.7. The Kier molecular flexibility index (Phi) is 4.49. The lowest BCUT2D eigenvalue weighted by Gasteiger charge is -2.34. The van der Waals surface area contributed by atoms with Gasteiger partial charge in [-0.15, -0.1) is 0 Å². The van der Waals surface area contributed by atoms with Crippen LogP contribution in [0, 0.1) is 12.8 Å². The number of aromatic nitrogens is 4. The maximum atomic E-state index is 13.1. The van der Waals surface area contributed by atoms with Crippen LogP contribution in [-0.4, -0.2) is 31.1 Å². The van der Waals surface area contributed by atoms with Crippen molar-refractivity contribution in [1.82, 2.24) is 18.7 Å². The molecule has 1 aliphatic rings. The summed E-state index contributed by atoms with van der Waals surface area (Å²) in [6, 6.07) is 5.64. The topological polar surface area (TPSA) is 108 Å². The lowest BCUT2D eigenvalue weighted by atomic mass is 10.1. The zero-order valence-electron chi connectivity index (χ0n) is 16.3. The Morgan fingerprint density at radius 2 is 2.03 bits per heavy atom. The van der Waals surface area contributed by atoms with Gasteiger partial charge in [0.25, 0.3) is 5.56 Å². The average molecular weight is 417 g/mol. The van der Waals surface area contributed by atoms with E-state index >= 15 is 0 Å². The predicted octanol–water partition coefficient (Wildman–Crippen LogP) is 1.13. The molecule has 10 heteroatoms. The Hall–Kier alpha value is -3.07. The molecule has 1 aliphatic heterocycles. The molecule has 0 saturated heterocycles. The Morgan fingerprint density at radius 3 is 2.72 bits per heavy atom. The summed E-state index contributed by atoms with van der Waals surface area (Å²) in [6.07, 6.45) is 0. The number of aryl methyl sites for hydroxylation is 1. The summed E-state index contributed by atoms with van der Waals surface area (Å²) < 4.78 is 3.94. The minimum Gasteiger partial charge on any atom is -0.368 e. The number of primary amides is 1. The molecule has 2 N–H and O–H groups in total. The smallest absolute Gasteiger partial charge is 0.332 e. The number of nitrogens with zero attached hydrogens (tertiary/aromatic N) is 5. The van der Waals surface area contributed by atoms with Crippen molar-refractivity contribution in [2.75, 3.05) is 11.4 Å². The summed E-state index contributed by atoms with van der Waals surface area (Å²) >= 11 is 6.32. The van der Waals surface area contributed by atoms with Crippen LogP contribution in [0.2, 0.25) is 5.02 Å². The van der Waals surface area contributed by atoms with Crippen LogP contribution in [-0.2, 0) is 24.9 Å². The largest absolute Gasteiger partial charge is 0.368 e. The van der Waals surface area contributed by atoms with Gasteiger partial charge in [0.2, 0.25) is 11.9 Å². The van der Waals surface area contributed by atoms with E-state index in [4.69, 9.17) is 17.3 Å². The molecule has 1 amide bonds. The standard InChI is InChI=1S/C19H21ClN6O3/c1-10-7-24(13-6-4-5-12(20)11(13)2)18-22-16-15(25(18)8-10)17(28)26(9-14(21)27)19(29)23(16)3/h4-6,10H,7-9H2,1-3H3,(H2,21,27)/t10-/m0/s1. The third kappa shape index (κ3) is 2.93. The number of nitrogens with two attached hydrogens (primary N) is 1. The Bertz CT molecular complexity index is 1270. The van der Waals surface area contributed by atoms with Crippen LogP contribution in [0.15, 0.2) is 27.8 Å². The van der Waals surface area contributed by atoms with Crippen LogP contribution < -0.4 is 21.9 Å². The van der Waals surface area contributed by atoms with E-state index in [0.29, 0.717) is 24.1 Å². The zero-order chi connectivity index (χ0) is 21.0. The minimum absolute atomic E-state index is 0.208. The summed E-state index contributed by atoms with van der Waals surface area (Å²) in [6.45, 7) is 4.78. The van der Waals surface area contributed by atoms with E-state index in [-0.39, 0.29) is 17.1 Å². The van der Waals surface area contributed by atoms with Gasteiger partial charge in [0.1, 0.15) is 6.54 Å². The van der Waals surface area contributed by atoms with E-state index in [1.165, 1.54) is 11.6 Å². The molecule has 0 bridgehead atoms. The number of carbonyl (C=O) groups excluding carboxylic acids is 1. The first kappa shape index (κ1) is 19.3. The first-order valence-corrected chi connectivity index (χ1v) is 9.59. The van der Waals surface area contributed by atoms with E-state index in [2.05, 4.69) is 11.9 Å². The molecule has 0 aliphatic carbocycles. The molecule has 0 saturated carbocycles. The van der Waals surface area contributed by atoms with Crippen molar-refractivity contribution in [2.24, 2.45) is 18.7 Å². The van der Waals surface area contributed by atoms with E-state index < -0.39 is 23.7 Å². The van der Waals surface area contributed by atoms with E-state index in [0.717, 1.165) is 15.8 Å². The van der Waals surface area contributed by atoms with Gasteiger partial charge in [-0.25, -0.2) is 9.36 Å². The van der Waals surface area contributed by atoms with Crippen LogP contribution in [0.5, 0.6) is 0 Å². The van der Waals surface area contributed by atoms with Crippen molar-refractivity contribution in [3.05, 3.63) is 49.6 Å². The van der Waals surface area contributed by atoms with Crippen LogP contribution in [0.4, 0.5) is 11.6 Å². The maximum absolute atomic E-state index is 13.1. The van der Waals surface area contributed by atoms with Crippen molar-refractivity contribution in [1.29, 1.82) is 0 Å². The van der Waals surface area contributed by atoms with Gasteiger partial charge in [-0.1, -0.05) is 24.6 Å². The molecule has 0 fully saturated rings. The summed E-state index contributed by atoms with van der Waals surface area (Å²) in [5.41, 5.74) is 6.38. The van der Waals surface area contributed by atoms with Crippen LogP contribution in [0.3, 0.4) is 0 Å². The molecule has 0 unspecified atom stereocenters. The fourth-order valence-electron chi connectivity index (χ4n) is 3.89. The number of carbonyl (C=O) groups is 1. The van der Waals surface area contributed by atoms with Gasteiger partial charge in [0.05, 0.1) is 0 Å². The highest BCUT2D eigenvalue weighted by Gasteiger charge is 2.30. The predicted molar refractivity (Wildman–Crippen MR) is 111 cm³/mol. The Labute approximate surface area is 170 Å². The fourth-order valence-corrected chi connectivity index (χ4v) is 4.06. The van der Waals surface area contributed by atoms with Crippen molar-refractivity contribution in [3.63, 3.8) is 0 Å². The van der Waals surface area contributed by atoms with Crippen molar-refractivity contribution in [2.45, 2.75) is 26.9 Å². The Balaban J connectivity index is 2.04. The van der Waals surface area contributed by atoms with Gasteiger partial charge in [0.15, 0.2) is 11.2 Å². The highest BCUT2D eigenvalue weighted by atomic mass is 35.5. The molecule has 9 nitrogen and oxygen atoms in total. The number of fused-ring (bicyclic) bond motifs is 3. The Morgan fingerprint density at radius 1 is 1.31 bits per heavy atom. The molecule has 1 atom stereocenters. The molecule has 3 heterocycles. The fraction of sp³-hybridized carbons (Fsp3) is 0.368. The van der Waals surface area contributed by atoms with Gasteiger partial charge in [-0.2, -0.15) is 4.98 Å². The third-order valence-corrected chi connectivity index (χ3v) is 5.70. The molecular weight excluding hydrogens is 396 g/mol. The molecule has 152 valence electrons. The molecule has 3 aromatic rings. The monoisotopic (exact) mass is 416 g/mol. The van der Waals surface area contributed by atoms with Crippen LogP contribution >= 0.6 is 11.6 Å². The van der Waals surface area contributed by atoms with Gasteiger partial charge >= 0.3 is 5.69 Å². The van der Waals surface area contributed by atoms with E-state index in [9.17, 15) is 14.4 Å². The molecule has 4 rings (SSSR count). The summed E-state index contributed by atoms with van der Waals surface area (Å²) in [4.78, 5) is 43.7. The summed E-state index contributed by atoms with van der Waals surface area (Å²) in [5.74, 6) is 0.0124. The molecule has 1 aromatic carbocycles. The van der Waals surface area contributed by atoms with Gasteiger partial charge in [-0.05, 0) is 30.5 Å². The quantitative estimate of drug-likeness (QED) is 0.688. The summed E-state index contributed by atoms with van der Waals surface area (Å²) in [7, 11) is 1.53. The molecule has 0 radical (unpaired) electrons. The average Bonchev–Trinajstić information content (AvgIpc) is 3.04. The van der Waals surface area contributed by atoms with Gasteiger partial charge in [-0.3, -0.25) is 14.2 Å². The number of anilines is 2. The number of benzene rings is 1. The van der Waals surface area contributed by atoms with Crippen LogP contribution in [0.1, 0.15) is 12.5 Å². The second kappa shape index (κ2) is 6.77. The number of hydrogen-bond donors (Lipinski definition) is 1. The molecule has 29 heavy (non-hydrogen) atoms. The van der Waals surface area contributed by atoms with Crippen molar-refractivity contribution < 1.29 is 4.79 Å².